The zero-order chi connectivity index (χ0) is 14.5. The third-order valence-corrected chi connectivity index (χ3v) is 3.65. The first-order chi connectivity index (χ1) is 9.61. The smallest absolute Gasteiger partial charge is 0.280 e. The van der Waals surface area contributed by atoms with E-state index in [1.165, 1.54) is 6.07 Å². The van der Waals surface area contributed by atoms with Crippen molar-refractivity contribution in [2.75, 3.05) is 31.7 Å². The predicted molar refractivity (Wildman–Crippen MR) is 75.3 cm³/mol. The minimum atomic E-state index is -0.536. The van der Waals surface area contributed by atoms with Crippen LogP contribution in [0.15, 0.2) is 18.2 Å². The van der Waals surface area contributed by atoms with E-state index in [-0.39, 0.29) is 11.3 Å². The van der Waals surface area contributed by atoms with E-state index < -0.39 is 4.92 Å². The summed E-state index contributed by atoms with van der Waals surface area (Å²) in [7, 11) is 1.94. The largest absolute Gasteiger partial charge is 0.381 e. The highest BCUT2D eigenvalue weighted by Crippen LogP contribution is 2.25. The highest BCUT2D eigenvalue weighted by Gasteiger charge is 2.18. The molecular formula is C14H18N2O4. The normalized spacial score (nSPS) is 15.8. The average molecular weight is 278 g/mol. The van der Waals surface area contributed by atoms with Gasteiger partial charge in [0.1, 0.15) is 0 Å². The van der Waals surface area contributed by atoms with E-state index in [2.05, 4.69) is 0 Å². The topological polar surface area (TPSA) is 72.7 Å². The number of aldehydes is 1. The van der Waals surface area contributed by atoms with Gasteiger partial charge in [-0.2, -0.15) is 0 Å². The van der Waals surface area contributed by atoms with Gasteiger partial charge in [-0.3, -0.25) is 14.9 Å². The fourth-order valence-electron chi connectivity index (χ4n) is 2.46. The van der Waals surface area contributed by atoms with Crippen LogP contribution in [-0.2, 0) is 4.74 Å². The number of nitro groups is 1. The summed E-state index contributed by atoms with van der Waals surface area (Å²) in [5, 5.41) is 10.8. The van der Waals surface area contributed by atoms with Crippen molar-refractivity contribution in [3.05, 3.63) is 33.9 Å². The van der Waals surface area contributed by atoms with Gasteiger partial charge < -0.3 is 9.64 Å². The molecular weight excluding hydrogens is 260 g/mol. The van der Waals surface area contributed by atoms with Gasteiger partial charge in [0, 0.05) is 38.6 Å². The zero-order valence-electron chi connectivity index (χ0n) is 11.4. The molecule has 20 heavy (non-hydrogen) atoms. The van der Waals surface area contributed by atoms with E-state index in [0.717, 1.165) is 38.3 Å². The minimum Gasteiger partial charge on any atom is -0.381 e. The Kier molecular flexibility index (Phi) is 4.68. The first-order valence-corrected chi connectivity index (χ1v) is 6.64. The van der Waals surface area contributed by atoms with E-state index in [0.29, 0.717) is 12.2 Å². The molecule has 6 heteroatoms. The predicted octanol–water partition coefficient (Wildman–Crippen LogP) is 2.27. The minimum absolute atomic E-state index is 0.117. The van der Waals surface area contributed by atoms with Crippen LogP contribution in [0, 0.1) is 16.0 Å². The molecule has 1 fully saturated rings. The second kappa shape index (κ2) is 6.47. The Labute approximate surface area is 117 Å². The Morgan fingerprint density at radius 3 is 2.75 bits per heavy atom. The van der Waals surface area contributed by atoms with Gasteiger partial charge in [0.25, 0.3) is 5.69 Å². The second-order valence-corrected chi connectivity index (χ2v) is 5.05. The lowest BCUT2D eigenvalue weighted by atomic mass is 9.99. The van der Waals surface area contributed by atoms with E-state index in [4.69, 9.17) is 4.74 Å². The molecule has 0 spiro atoms. The lowest BCUT2D eigenvalue weighted by molar-refractivity contribution is -0.385. The maximum Gasteiger partial charge on any atom is 0.280 e. The SMILES string of the molecule is CN(CC1CCOCC1)c1ccc([N+](=O)[O-])c(C=O)c1. The molecule has 108 valence electrons. The van der Waals surface area contributed by atoms with Crippen LogP contribution >= 0.6 is 0 Å². The number of rotatable bonds is 5. The van der Waals surface area contributed by atoms with Crippen LogP contribution in [0.5, 0.6) is 0 Å². The molecule has 2 rings (SSSR count). The zero-order valence-corrected chi connectivity index (χ0v) is 11.4. The van der Waals surface area contributed by atoms with Crippen molar-refractivity contribution in [1.29, 1.82) is 0 Å². The van der Waals surface area contributed by atoms with E-state index in [1.807, 2.05) is 11.9 Å². The van der Waals surface area contributed by atoms with Gasteiger partial charge >= 0.3 is 0 Å². The maximum absolute atomic E-state index is 11.0. The fourth-order valence-corrected chi connectivity index (χ4v) is 2.46. The molecule has 0 aromatic heterocycles. The molecule has 0 atom stereocenters. The third kappa shape index (κ3) is 3.33. The number of hydrogen-bond acceptors (Lipinski definition) is 5. The molecule has 1 aromatic carbocycles. The number of carbonyl (C=O) groups is 1. The van der Waals surface area contributed by atoms with Crippen molar-refractivity contribution in [3.8, 4) is 0 Å². The van der Waals surface area contributed by atoms with Crippen LogP contribution in [-0.4, -0.2) is 38.0 Å². The van der Waals surface area contributed by atoms with Crippen molar-refractivity contribution in [2.24, 2.45) is 5.92 Å². The van der Waals surface area contributed by atoms with Crippen molar-refractivity contribution in [1.82, 2.24) is 0 Å². The summed E-state index contributed by atoms with van der Waals surface area (Å²) in [5.41, 5.74) is 0.790. The van der Waals surface area contributed by atoms with Crippen LogP contribution in [0.25, 0.3) is 0 Å². The van der Waals surface area contributed by atoms with Gasteiger partial charge in [-0.1, -0.05) is 0 Å². The summed E-state index contributed by atoms with van der Waals surface area (Å²) < 4.78 is 5.33. The molecule has 0 unspecified atom stereocenters. The fraction of sp³-hybridized carbons (Fsp3) is 0.500. The van der Waals surface area contributed by atoms with Gasteiger partial charge in [0.15, 0.2) is 6.29 Å². The molecule has 0 N–H and O–H groups in total. The Bertz CT molecular complexity index is 498. The number of nitro benzene ring substituents is 1. The van der Waals surface area contributed by atoms with Gasteiger partial charge in [-0.15, -0.1) is 0 Å². The second-order valence-electron chi connectivity index (χ2n) is 5.05. The summed E-state index contributed by atoms with van der Waals surface area (Å²) in [5.74, 6) is 0.559. The van der Waals surface area contributed by atoms with E-state index >= 15 is 0 Å². The van der Waals surface area contributed by atoms with Crippen LogP contribution < -0.4 is 4.90 Å². The molecule has 0 saturated carbocycles. The molecule has 1 heterocycles. The van der Waals surface area contributed by atoms with Crippen LogP contribution in [0.1, 0.15) is 23.2 Å². The van der Waals surface area contributed by atoms with Crippen LogP contribution in [0.4, 0.5) is 11.4 Å². The number of carbonyl (C=O) groups excluding carboxylic acids is 1. The quantitative estimate of drug-likeness (QED) is 0.469. The Morgan fingerprint density at radius 2 is 2.15 bits per heavy atom. The molecule has 1 aliphatic heterocycles. The highest BCUT2D eigenvalue weighted by atomic mass is 16.6. The molecule has 0 aliphatic carbocycles. The first kappa shape index (κ1) is 14.5. The van der Waals surface area contributed by atoms with Crippen LogP contribution in [0.2, 0.25) is 0 Å². The van der Waals surface area contributed by atoms with Crippen molar-refractivity contribution in [2.45, 2.75) is 12.8 Å². The Balaban J connectivity index is 2.11. The summed E-state index contributed by atoms with van der Waals surface area (Å²) in [6.07, 6.45) is 2.58. The molecule has 0 radical (unpaired) electrons. The Morgan fingerprint density at radius 1 is 1.45 bits per heavy atom. The number of hydrogen-bond donors (Lipinski definition) is 0. The molecule has 6 nitrogen and oxygen atoms in total. The molecule has 1 aromatic rings. The van der Waals surface area contributed by atoms with Crippen molar-refractivity contribution in [3.63, 3.8) is 0 Å². The molecule has 1 saturated heterocycles. The Hall–Kier alpha value is -1.95. The number of ether oxygens (including phenoxy) is 1. The lowest BCUT2D eigenvalue weighted by Gasteiger charge is -2.28. The van der Waals surface area contributed by atoms with Gasteiger partial charge in [-0.05, 0) is 30.9 Å². The molecule has 1 aliphatic rings. The van der Waals surface area contributed by atoms with Crippen LogP contribution in [0.3, 0.4) is 0 Å². The highest BCUT2D eigenvalue weighted by molar-refractivity contribution is 5.83. The van der Waals surface area contributed by atoms with Gasteiger partial charge in [0.05, 0.1) is 10.5 Å². The summed E-state index contributed by atoms with van der Waals surface area (Å²) >= 11 is 0. The lowest BCUT2D eigenvalue weighted by Crippen LogP contribution is -2.29. The van der Waals surface area contributed by atoms with Crippen molar-refractivity contribution >= 4 is 17.7 Å². The number of nitrogens with zero attached hydrogens (tertiary/aromatic N) is 2. The third-order valence-electron chi connectivity index (χ3n) is 3.65. The van der Waals surface area contributed by atoms with Crippen molar-refractivity contribution < 1.29 is 14.5 Å². The maximum atomic E-state index is 11.0. The summed E-state index contributed by atoms with van der Waals surface area (Å²) in [4.78, 5) is 23.3. The molecule has 0 amide bonds. The number of benzene rings is 1. The summed E-state index contributed by atoms with van der Waals surface area (Å²) in [6, 6.07) is 4.65. The number of anilines is 1. The summed E-state index contributed by atoms with van der Waals surface area (Å²) in [6.45, 7) is 2.44. The van der Waals surface area contributed by atoms with E-state index in [9.17, 15) is 14.9 Å². The first-order valence-electron chi connectivity index (χ1n) is 6.64. The monoisotopic (exact) mass is 278 g/mol. The van der Waals surface area contributed by atoms with E-state index in [1.54, 1.807) is 12.1 Å². The van der Waals surface area contributed by atoms with Gasteiger partial charge in [0.2, 0.25) is 0 Å². The molecule has 0 bridgehead atoms. The standard InChI is InChI=1S/C14H18N2O4/c1-15(9-11-4-6-20-7-5-11)13-2-3-14(16(18)19)12(8-13)10-17/h2-3,8,10-11H,4-7,9H2,1H3. The van der Waals surface area contributed by atoms with Gasteiger partial charge in [-0.25, -0.2) is 0 Å². The average Bonchev–Trinajstić information content (AvgIpc) is 2.47.